The number of benzene rings is 3. The summed E-state index contributed by atoms with van der Waals surface area (Å²) in [6.07, 6.45) is 1.42. The smallest absolute Gasteiger partial charge is 0.343 e. The molecule has 0 unspecified atom stereocenters. The zero-order chi connectivity index (χ0) is 22.0. The Hall–Kier alpha value is -3.90. The number of nitrogens with zero attached hydrogens (tertiary/aromatic N) is 2. The topological polar surface area (TPSA) is 66.9 Å². The number of para-hydroxylation sites is 2. The summed E-state index contributed by atoms with van der Waals surface area (Å²) in [4.78, 5) is 41.7. The molecule has 1 saturated heterocycles. The zero-order valence-corrected chi connectivity index (χ0v) is 17.2. The average molecular weight is 433 g/mol. The predicted octanol–water partition coefficient (Wildman–Crippen LogP) is 4.93. The van der Waals surface area contributed by atoms with Gasteiger partial charge in [-0.05, 0) is 48.0 Å². The summed E-state index contributed by atoms with van der Waals surface area (Å²) >= 11 is 6.19. The molecule has 7 heteroatoms. The van der Waals surface area contributed by atoms with Gasteiger partial charge in [-0.3, -0.25) is 9.59 Å². The molecule has 0 aromatic heterocycles. The number of rotatable bonds is 4. The first kappa shape index (κ1) is 20.4. The van der Waals surface area contributed by atoms with E-state index in [4.69, 9.17) is 16.3 Å². The predicted molar refractivity (Wildman–Crippen MR) is 119 cm³/mol. The number of hydrogen-bond donors (Lipinski definition) is 0. The van der Waals surface area contributed by atoms with Crippen LogP contribution in [0.5, 0.6) is 5.75 Å². The Morgan fingerprint density at radius 1 is 0.774 bits per heavy atom. The van der Waals surface area contributed by atoms with E-state index >= 15 is 0 Å². The minimum absolute atomic E-state index is 0.159. The molecule has 0 spiro atoms. The number of urea groups is 1. The molecule has 154 valence electrons. The van der Waals surface area contributed by atoms with Gasteiger partial charge in [0.15, 0.2) is 0 Å². The molecule has 1 fully saturated rings. The highest BCUT2D eigenvalue weighted by Crippen LogP contribution is 2.31. The van der Waals surface area contributed by atoms with Crippen molar-refractivity contribution in [3.05, 3.63) is 95.0 Å². The normalized spacial score (nSPS) is 14.1. The number of carbonyl (C=O) groups is 3. The van der Waals surface area contributed by atoms with Crippen LogP contribution in [0, 0.1) is 0 Å². The minimum Gasteiger partial charge on any atom is -0.495 e. The van der Waals surface area contributed by atoms with Crippen molar-refractivity contribution in [3.63, 3.8) is 0 Å². The molecule has 0 bridgehead atoms. The molecular weight excluding hydrogens is 416 g/mol. The summed E-state index contributed by atoms with van der Waals surface area (Å²) in [6, 6.07) is 21.1. The molecule has 6 nitrogen and oxygen atoms in total. The molecule has 1 aliphatic rings. The molecular formula is C24H17ClN2O4. The Kier molecular flexibility index (Phi) is 5.56. The third-order valence-electron chi connectivity index (χ3n) is 4.77. The summed E-state index contributed by atoms with van der Waals surface area (Å²) < 4.78 is 5.15. The van der Waals surface area contributed by atoms with Crippen LogP contribution in [0.25, 0.3) is 6.08 Å². The van der Waals surface area contributed by atoms with Crippen molar-refractivity contribution in [2.45, 2.75) is 0 Å². The monoisotopic (exact) mass is 432 g/mol. The van der Waals surface area contributed by atoms with Gasteiger partial charge >= 0.3 is 6.03 Å². The van der Waals surface area contributed by atoms with Crippen molar-refractivity contribution in [2.24, 2.45) is 0 Å². The number of ether oxygens (including phenoxy) is 1. The molecule has 0 atom stereocenters. The van der Waals surface area contributed by atoms with E-state index in [9.17, 15) is 14.4 Å². The van der Waals surface area contributed by atoms with Crippen molar-refractivity contribution in [1.29, 1.82) is 0 Å². The number of methoxy groups -OCH3 is 1. The fraction of sp³-hybridized carbons (Fsp3) is 0.0417. The van der Waals surface area contributed by atoms with Crippen molar-refractivity contribution in [1.82, 2.24) is 0 Å². The number of amides is 4. The molecule has 0 radical (unpaired) electrons. The molecule has 1 heterocycles. The van der Waals surface area contributed by atoms with E-state index in [0.29, 0.717) is 27.7 Å². The third kappa shape index (κ3) is 3.81. The first-order valence-electron chi connectivity index (χ1n) is 9.39. The van der Waals surface area contributed by atoms with E-state index in [1.807, 2.05) is 0 Å². The van der Waals surface area contributed by atoms with Gasteiger partial charge in [0.1, 0.15) is 11.3 Å². The standard InChI is InChI=1S/C24H17ClN2O4/c1-31-21-13-12-16(15-20(21)25)14-19-22(28)26(17-8-4-2-5-9-17)24(30)27(23(19)29)18-10-6-3-7-11-18/h2-15H,1H3. The second-order valence-corrected chi connectivity index (χ2v) is 7.09. The lowest BCUT2D eigenvalue weighted by Crippen LogP contribution is -2.57. The first-order valence-corrected chi connectivity index (χ1v) is 9.77. The quantitative estimate of drug-likeness (QED) is 0.433. The van der Waals surface area contributed by atoms with Gasteiger partial charge in [0.25, 0.3) is 11.8 Å². The second-order valence-electron chi connectivity index (χ2n) is 6.69. The summed E-state index contributed by atoms with van der Waals surface area (Å²) in [5, 5.41) is 0.337. The molecule has 1 aliphatic heterocycles. The maximum Gasteiger partial charge on any atom is 0.343 e. The lowest BCUT2D eigenvalue weighted by Gasteiger charge is -2.33. The second kappa shape index (κ2) is 8.45. The van der Waals surface area contributed by atoms with Crippen LogP contribution >= 0.6 is 11.6 Å². The van der Waals surface area contributed by atoms with Gasteiger partial charge in [-0.2, -0.15) is 0 Å². The van der Waals surface area contributed by atoms with Crippen LogP contribution < -0.4 is 14.5 Å². The maximum absolute atomic E-state index is 13.3. The molecule has 3 aromatic rings. The highest BCUT2D eigenvalue weighted by molar-refractivity contribution is 6.46. The van der Waals surface area contributed by atoms with Crippen LogP contribution in [0.15, 0.2) is 84.4 Å². The minimum atomic E-state index is -0.739. The van der Waals surface area contributed by atoms with E-state index in [1.54, 1.807) is 78.9 Å². The van der Waals surface area contributed by atoms with Crippen molar-refractivity contribution >= 4 is 46.9 Å². The van der Waals surface area contributed by atoms with E-state index in [2.05, 4.69) is 0 Å². The highest BCUT2D eigenvalue weighted by Gasteiger charge is 2.43. The Morgan fingerprint density at radius 2 is 1.29 bits per heavy atom. The number of anilines is 2. The summed E-state index contributed by atoms with van der Waals surface area (Å²) in [6.45, 7) is 0. The Balaban J connectivity index is 1.85. The third-order valence-corrected chi connectivity index (χ3v) is 5.06. The van der Waals surface area contributed by atoms with Gasteiger partial charge < -0.3 is 4.74 Å². The molecule has 4 rings (SSSR count). The molecule has 3 aromatic carbocycles. The number of barbiturate groups is 1. The van der Waals surface area contributed by atoms with E-state index < -0.39 is 17.8 Å². The van der Waals surface area contributed by atoms with Crippen molar-refractivity contribution < 1.29 is 19.1 Å². The zero-order valence-electron chi connectivity index (χ0n) is 16.5. The van der Waals surface area contributed by atoms with Gasteiger partial charge in [-0.1, -0.05) is 54.1 Å². The molecule has 4 amide bonds. The number of halogens is 1. The van der Waals surface area contributed by atoms with Gasteiger partial charge in [0, 0.05) is 0 Å². The largest absolute Gasteiger partial charge is 0.495 e. The summed E-state index contributed by atoms with van der Waals surface area (Å²) in [5.41, 5.74) is 1.10. The highest BCUT2D eigenvalue weighted by atomic mass is 35.5. The first-order chi connectivity index (χ1) is 15.0. The fourth-order valence-corrected chi connectivity index (χ4v) is 3.54. The van der Waals surface area contributed by atoms with Crippen LogP contribution in [-0.4, -0.2) is 25.0 Å². The van der Waals surface area contributed by atoms with Gasteiger partial charge in [-0.25, -0.2) is 14.6 Å². The molecule has 0 aliphatic carbocycles. The van der Waals surface area contributed by atoms with E-state index in [1.165, 1.54) is 13.2 Å². The van der Waals surface area contributed by atoms with E-state index in [-0.39, 0.29) is 5.57 Å². The van der Waals surface area contributed by atoms with Crippen molar-refractivity contribution in [2.75, 3.05) is 16.9 Å². The molecule has 0 N–H and O–H groups in total. The molecule has 31 heavy (non-hydrogen) atoms. The lowest BCUT2D eigenvalue weighted by molar-refractivity contribution is -0.121. The number of carbonyl (C=O) groups excluding carboxylic acids is 3. The van der Waals surface area contributed by atoms with Crippen LogP contribution in [0.4, 0.5) is 16.2 Å². The summed E-state index contributed by atoms with van der Waals surface area (Å²) in [5.74, 6) is -0.947. The number of hydrogen-bond acceptors (Lipinski definition) is 4. The van der Waals surface area contributed by atoms with Gasteiger partial charge in [-0.15, -0.1) is 0 Å². The van der Waals surface area contributed by atoms with Crippen LogP contribution in [0.1, 0.15) is 5.56 Å². The maximum atomic E-state index is 13.3. The number of imide groups is 2. The van der Waals surface area contributed by atoms with Gasteiger partial charge in [0.05, 0.1) is 23.5 Å². The fourth-order valence-electron chi connectivity index (χ4n) is 3.28. The Bertz CT molecular complexity index is 1130. The summed E-state index contributed by atoms with van der Waals surface area (Å²) in [7, 11) is 1.49. The molecule has 0 saturated carbocycles. The van der Waals surface area contributed by atoms with Crippen LogP contribution in [0.2, 0.25) is 5.02 Å². The van der Waals surface area contributed by atoms with E-state index in [0.717, 1.165) is 9.80 Å². The Labute approximate surface area is 183 Å². The van der Waals surface area contributed by atoms with Crippen LogP contribution in [-0.2, 0) is 9.59 Å². The lowest BCUT2D eigenvalue weighted by atomic mass is 10.0. The SMILES string of the molecule is COc1ccc(C=C2C(=O)N(c3ccccc3)C(=O)N(c3ccccc3)C2=O)cc1Cl. The van der Waals surface area contributed by atoms with Crippen molar-refractivity contribution in [3.8, 4) is 5.75 Å². The van der Waals surface area contributed by atoms with Gasteiger partial charge in [0.2, 0.25) is 0 Å². The average Bonchev–Trinajstić information content (AvgIpc) is 2.78. The Morgan fingerprint density at radius 3 is 1.74 bits per heavy atom. The van der Waals surface area contributed by atoms with Crippen LogP contribution in [0.3, 0.4) is 0 Å².